The number of carbonyl (C=O) groups is 3. The lowest BCUT2D eigenvalue weighted by atomic mass is 10.0. The number of fused-ring (bicyclic) bond motifs is 1. The molecule has 180 valence electrons. The molecule has 33 heavy (non-hydrogen) atoms. The SMILES string of the molecule is CO/N=C(/C(=O)NC1C(=O)N2C(C(=O)O)=C(C[N+]3(C)CCCC3)CSC12)c1csc(N)n1.[Cl-]. The number of β-lactam (4-membered cyclic amide) rings is 1. The summed E-state index contributed by atoms with van der Waals surface area (Å²) in [6.07, 6.45) is 2.24. The van der Waals surface area contributed by atoms with Crippen LogP contribution in [0, 0.1) is 0 Å². The number of likely N-dealkylation sites (tertiary alicyclic amines) is 1. The number of carboxylic acid groups (broad SMARTS) is 1. The Kier molecular flexibility index (Phi) is 7.56. The molecule has 4 heterocycles. The molecule has 1 aromatic rings. The highest BCUT2D eigenvalue weighted by Gasteiger charge is 2.55. The highest BCUT2D eigenvalue weighted by Crippen LogP contribution is 2.41. The number of thiazole rings is 1. The normalized spacial score (nSPS) is 24.0. The number of oxime groups is 1. The van der Waals surface area contributed by atoms with E-state index in [2.05, 4.69) is 22.5 Å². The Balaban J connectivity index is 0.00000306. The Labute approximate surface area is 205 Å². The number of aromatic nitrogens is 1. The summed E-state index contributed by atoms with van der Waals surface area (Å²) >= 11 is 2.61. The van der Waals surface area contributed by atoms with Gasteiger partial charge in [0.1, 0.15) is 36.5 Å². The zero-order chi connectivity index (χ0) is 23.0. The van der Waals surface area contributed by atoms with Crippen LogP contribution in [0.15, 0.2) is 21.8 Å². The molecule has 3 aliphatic heterocycles. The molecule has 3 aliphatic rings. The maximum atomic E-state index is 12.9. The van der Waals surface area contributed by atoms with Gasteiger partial charge in [0.25, 0.3) is 11.8 Å². The minimum atomic E-state index is -1.12. The number of hydrogen-bond acceptors (Lipinski definition) is 9. The fraction of sp³-hybridized carbons (Fsp3) is 0.526. The van der Waals surface area contributed by atoms with Crippen molar-refractivity contribution in [3.05, 3.63) is 22.3 Å². The molecule has 0 radical (unpaired) electrons. The van der Waals surface area contributed by atoms with E-state index in [1.54, 1.807) is 5.38 Å². The number of thioether (sulfide) groups is 1. The minimum Gasteiger partial charge on any atom is -1.00 e. The van der Waals surface area contributed by atoms with Crippen molar-refractivity contribution in [3.63, 3.8) is 0 Å². The topological polar surface area (TPSA) is 147 Å². The summed E-state index contributed by atoms with van der Waals surface area (Å²) in [6.45, 7) is 2.61. The molecule has 2 saturated heterocycles. The van der Waals surface area contributed by atoms with Crippen LogP contribution in [-0.4, -0.2) is 93.9 Å². The molecule has 0 spiro atoms. The zero-order valence-electron chi connectivity index (χ0n) is 18.1. The number of aliphatic carboxylic acids is 1. The second-order valence-corrected chi connectivity index (χ2v) is 10.2. The van der Waals surface area contributed by atoms with E-state index < -0.39 is 29.2 Å². The lowest BCUT2D eigenvalue weighted by molar-refractivity contribution is -0.893. The van der Waals surface area contributed by atoms with E-state index in [-0.39, 0.29) is 34.6 Å². The number of nitrogens with zero attached hydrogens (tertiary/aromatic N) is 4. The van der Waals surface area contributed by atoms with Crippen LogP contribution in [0.2, 0.25) is 0 Å². The molecule has 0 aromatic carbocycles. The van der Waals surface area contributed by atoms with Crippen LogP contribution in [0.3, 0.4) is 0 Å². The molecule has 4 N–H and O–H groups in total. The molecule has 2 fully saturated rings. The summed E-state index contributed by atoms with van der Waals surface area (Å²) in [4.78, 5) is 47.9. The molecule has 0 saturated carbocycles. The van der Waals surface area contributed by atoms with Crippen molar-refractivity contribution in [2.75, 3.05) is 45.3 Å². The van der Waals surface area contributed by atoms with Gasteiger partial charge in [-0.05, 0) is 0 Å². The summed E-state index contributed by atoms with van der Waals surface area (Å²) in [5.41, 5.74) is 6.59. The van der Waals surface area contributed by atoms with Gasteiger partial charge in [0, 0.05) is 29.5 Å². The highest BCUT2D eigenvalue weighted by molar-refractivity contribution is 8.00. The molecule has 1 aromatic heterocycles. The van der Waals surface area contributed by atoms with E-state index in [1.807, 2.05) is 0 Å². The molecule has 2 atom stereocenters. The van der Waals surface area contributed by atoms with Gasteiger partial charge in [-0.15, -0.1) is 23.1 Å². The Morgan fingerprint density at radius 2 is 2.12 bits per heavy atom. The van der Waals surface area contributed by atoms with Crippen molar-refractivity contribution in [2.24, 2.45) is 5.16 Å². The number of hydrogen-bond donors (Lipinski definition) is 3. The minimum absolute atomic E-state index is 0. The number of halogens is 1. The van der Waals surface area contributed by atoms with Crippen molar-refractivity contribution in [1.82, 2.24) is 15.2 Å². The molecule has 2 amide bonds. The fourth-order valence-corrected chi connectivity index (χ4v) is 6.31. The maximum Gasteiger partial charge on any atom is 0.352 e. The number of likely N-dealkylation sites (N-methyl/N-ethyl adjacent to an activating group) is 1. The van der Waals surface area contributed by atoms with Gasteiger partial charge in [-0.3, -0.25) is 14.5 Å². The molecule has 2 unspecified atom stereocenters. The molecule has 11 nitrogen and oxygen atoms in total. The summed E-state index contributed by atoms with van der Waals surface area (Å²) < 4.78 is 0.785. The van der Waals surface area contributed by atoms with E-state index in [0.29, 0.717) is 12.3 Å². The van der Waals surface area contributed by atoms with Crippen molar-refractivity contribution in [1.29, 1.82) is 0 Å². The number of carbonyl (C=O) groups excluding carboxylic acids is 2. The van der Waals surface area contributed by atoms with E-state index >= 15 is 0 Å². The lowest BCUT2D eigenvalue weighted by Crippen LogP contribution is -3.00. The first-order valence-corrected chi connectivity index (χ1v) is 12.0. The second kappa shape index (κ2) is 9.87. The third kappa shape index (κ3) is 4.81. The predicted octanol–water partition coefficient (Wildman–Crippen LogP) is -2.94. The maximum absolute atomic E-state index is 12.9. The van der Waals surface area contributed by atoms with E-state index in [4.69, 9.17) is 10.6 Å². The monoisotopic (exact) mass is 516 g/mol. The summed E-state index contributed by atoms with van der Waals surface area (Å²) in [5, 5.41) is 17.6. The van der Waals surface area contributed by atoms with Crippen LogP contribution < -0.4 is 23.5 Å². The van der Waals surface area contributed by atoms with E-state index in [9.17, 15) is 19.5 Å². The molecule has 14 heteroatoms. The van der Waals surface area contributed by atoms with Gasteiger partial charge in [-0.1, -0.05) is 5.16 Å². The molecular weight excluding hydrogens is 492 g/mol. The molecular formula is C19H25ClN6O5S2. The van der Waals surface area contributed by atoms with Gasteiger partial charge in [0.2, 0.25) is 0 Å². The van der Waals surface area contributed by atoms with Gasteiger partial charge in [-0.2, -0.15) is 0 Å². The highest BCUT2D eigenvalue weighted by atomic mass is 35.5. The third-order valence-electron chi connectivity index (χ3n) is 5.92. The van der Waals surface area contributed by atoms with E-state index in [0.717, 1.165) is 47.3 Å². The first kappa shape index (κ1) is 25.3. The van der Waals surface area contributed by atoms with Gasteiger partial charge < -0.3 is 37.9 Å². The van der Waals surface area contributed by atoms with Crippen molar-refractivity contribution < 1.29 is 41.2 Å². The quantitative estimate of drug-likeness (QED) is 0.151. The van der Waals surface area contributed by atoms with Crippen molar-refractivity contribution in [2.45, 2.75) is 24.3 Å². The fourth-order valence-electron chi connectivity index (χ4n) is 4.42. The van der Waals surface area contributed by atoms with Crippen LogP contribution in [0.5, 0.6) is 0 Å². The average molecular weight is 517 g/mol. The Hall–Kier alpha value is -2.35. The standard InChI is InChI=1S/C19H24N6O5S2.ClH/c1-25(5-3-4-6-25)7-10-8-31-17-13(16(27)24(17)14(10)18(28)29)22-15(26)12(23-30-2)11-9-32-19(20)21-11;/h9,13,17H,3-8H2,1-2H3,(H3-,20,21,22,26,28,29);1H/b23-12+;. The van der Waals surface area contributed by atoms with Gasteiger partial charge in [0.05, 0.1) is 20.1 Å². The van der Waals surface area contributed by atoms with Gasteiger partial charge in [0.15, 0.2) is 10.8 Å². The number of nitrogen functional groups attached to an aromatic ring is 1. The number of nitrogens with one attached hydrogen (secondary N) is 1. The van der Waals surface area contributed by atoms with Crippen molar-refractivity contribution in [3.8, 4) is 0 Å². The average Bonchev–Trinajstić information content (AvgIpc) is 3.37. The summed E-state index contributed by atoms with van der Waals surface area (Å²) in [7, 11) is 3.42. The summed E-state index contributed by atoms with van der Waals surface area (Å²) in [5.74, 6) is -1.71. The predicted molar refractivity (Wildman–Crippen MR) is 120 cm³/mol. The van der Waals surface area contributed by atoms with Crippen LogP contribution in [0.25, 0.3) is 0 Å². The number of rotatable bonds is 7. The van der Waals surface area contributed by atoms with Crippen LogP contribution in [-0.2, 0) is 19.2 Å². The summed E-state index contributed by atoms with van der Waals surface area (Å²) in [6, 6.07) is -0.863. The van der Waals surface area contributed by atoms with Gasteiger partial charge >= 0.3 is 5.97 Å². The zero-order valence-corrected chi connectivity index (χ0v) is 20.5. The van der Waals surface area contributed by atoms with Crippen LogP contribution in [0.4, 0.5) is 5.13 Å². The molecule has 0 bridgehead atoms. The van der Waals surface area contributed by atoms with Crippen LogP contribution in [0.1, 0.15) is 18.5 Å². The smallest absolute Gasteiger partial charge is 0.352 e. The lowest BCUT2D eigenvalue weighted by Gasteiger charge is -2.49. The number of anilines is 1. The number of carboxylic acids is 1. The van der Waals surface area contributed by atoms with Gasteiger partial charge in [-0.25, -0.2) is 9.78 Å². The Morgan fingerprint density at radius 1 is 1.42 bits per heavy atom. The first-order chi connectivity index (χ1) is 15.2. The van der Waals surface area contributed by atoms with E-state index in [1.165, 1.54) is 23.8 Å². The number of quaternary nitrogens is 1. The largest absolute Gasteiger partial charge is 1.00 e. The number of amides is 2. The number of nitrogens with two attached hydrogens (primary N) is 1. The third-order valence-corrected chi connectivity index (χ3v) is 7.93. The van der Waals surface area contributed by atoms with Crippen LogP contribution >= 0.6 is 23.1 Å². The second-order valence-electron chi connectivity index (χ2n) is 8.24. The Bertz CT molecular complexity index is 1020. The molecule has 0 aliphatic carbocycles. The Morgan fingerprint density at radius 3 is 2.70 bits per heavy atom. The van der Waals surface area contributed by atoms with Crippen molar-refractivity contribution >= 4 is 51.7 Å². The first-order valence-electron chi connectivity index (χ1n) is 10.1. The molecule has 4 rings (SSSR count).